The molecule has 0 radical (unpaired) electrons. The molecule has 1 N–H and O–H groups in total. The van der Waals surface area contributed by atoms with Gasteiger partial charge in [0.2, 0.25) is 15.9 Å². The summed E-state index contributed by atoms with van der Waals surface area (Å²) < 4.78 is 28.5. The van der Waals surface area contributed by atoms with Gasteiger partial charge in [0.1, 0.15) is 0 Å². The fourth-order valence-corrected chi connectivity index (χ4v) is 5.88. The lowest BCUT2D eigenvalue weighted by molar-refractivity contribution is -0.117. The van der Waals surface area contributed by atoms with E-state index in [0.29, 0.717) is 11.4 Å². The summed E-state index contributed by atoms with van der Waals surface area (Å²) in [5, 5.41) is 3.01. The molecular weight excluding hydrogens is 408 g/mol. The molecule has 2 aromatic carbocycles. The molecule has 1 heterocycles. The lowest BCUT2D eigenvalue weighted by atomic mass is 9.78. The average molecular weight is 437 g/mol. The van der Waals surface area contributed by atoms with Gasteiger partial charge in [-0.05, 0) is 49.5 Å². The first-order valence-corrected chi connectivity index (χ1v) is 12.1. The zero-order valence-electron chi connectivity index (χ0n) is 18.0. The van der Waals surface area contributed by atoms with Crippen LogP contribution < -0.4 is 5.32 Å². The maximum atomic E-state index is 13.5. The first kappa shape index (κ1) is 21.5. The molecule has 2 aromatic rings. The lowest BCUT2D eigenvalue weighted by Crippen LogP contribution is -2.43. The van der Waals surface area contributed by atoms with Gasteiger partial charge in [-0.3, -0.25) is 4.79 Å². The van der Waals surface area contributed by atoms with Gasteiger partial charge in [0.15, 0.2) is 0 Å². The average Bonchev–Trinajstić information content (AvgIpc) is 2.77. The number of rotatable bonds is 4. The smallest absolute Gasteiger partial charge is 0.243 e. The van der Waals surface area contributed by atoms with E-state index in [2.05, 4.69) is 11.4 Å². The number of allylic oxidation sites excluding steroid dienone is 1. The Morgan fingerprint density at radius 2 is 1.74 bits per heavy atom. The molecule has 1 aliphatic heterocycles. The van der Waals surface area contributed by atoms with Gasteiger partial charge >= 0.3 is 0 Å². The van der Waals surface area contributed by atoms with Crippen LogP contribution in [-0.4, -0.2) is 31.7 Å². The van der Waals surface area contributed by atoms with E-state index in [1.54, 1.807) is 16.4 Å². The van der Waals surface area contributed by atoms with Crippen LogP contribution in [-0.2, 0) is 14.8 Å². The van der Waals surface area contributed by atoms with Crippen molar-refractivity contribution in [2.75, 3.05) is 13.1 Å². The SMILES string of the molecule is CC(=O)N/C(=C1\CN(S(=O)(=O)c2ccc(C)cc2)CC2=CCCC[C@H]21)c1ccccc1. The Balaban J connectivity index is 1.83. The Morgan fingerprint density at radius 1 is 1.03 bits per heavy atom. The molecule has 0 saturated carbocycles. The normalized spacial score (nSPS) is 21.1. The van der Waals surface area contributed by atoms with Crippen molar-refractivity contribution in [1.82, 2.24) is 9.62 Å². The molecule has 1 fully saturated rings. The number of amides is 1. The molecule has 1 atom stereocenters. The van der Waals surface area contributed by atoms with Crippen molar-refractivity contribution in [3.63, 3.8) is 0 Å². The van der Waals surface area contributed by atoms with Gasteiger partial charge in [-0.25, -0.2) is 8.42 Å². The molecule has 162 valence electrons. The third-order valence-electron chi connectivity index (χ3n) is 6.02. The number of carbonyl (C=O) groups excluding carboxylic acids is 1. The van der Waals surface area contributed by atoms with E-state index in [1.165, 1.54) is 6.92 Å². The van der Waals surface area contributed by atoms with Gasteiger partial charge in [-0.2, -0.15) is 4.31 Å². The van der Waals surface area contributed by atoms with Crippen molar-refractivity contribution in [1.29, 1.82) is 0 Å². The zero-order valence-corrected chi connectivity index (χ0v) is 18.8. The Bertz CT molecular complexity index is 1130. The van der Waals surface area contributed by atoms with Crippen molar-refractivity contribution >= 4 is 21.6 Å². The van der Waals surface area contributed by atoms with Crippen LogP contribution in [0.15, 0.2) is 76.7 Å². The summed E-state index contributed by atoms with van der Waals surface area (Å²) in [7, 11) is -3.66. The number of aryl methyl sites for hydroxylation is 1. The van der Waals surface area contributed by atoms with Crippen LogP contribution in [0.2, 0.25) is 0 Å². The minimum absolute atomic E-state index is 0.153. The molecular formula is C25H28N2O3S. The largest absolute Gasteiger partial charge is 0.326 e. The number of sulfonamides is 1. The Morgan fingerprint density at radius 3 is 2.42 bits per heavy atom. The molecule has 0 aromatic heterocycles. The predicted octanol–water partition coefficient (Wildman–Crippen LogP) is 4.27. The maximum Gasteiger partial charge on any atom is 0.243 e. The van der Waals surface area contributed by atoms with Crippen LogP contribution in [0.4, 0.5) is 0 Å². The van der Waals surface area contributed by atoms with E-state index in [9.17, 15) is 13.2 Å². The molecule has 1 saturated heterocycles. The number of fused-ring (bicyclic) bond motifs is 1. The van der Waals surface area contributed by atoms with Crippen LogP contribution in [0, 0.1) is 12.8 Å². The molecule has 31 heavy (non-hydrogen) atoms. The third-order valence-corrected chi connectivity index (χ3v) is 7.83. The Labute approximate surface area is 184 Å². The van der Waals surface area contributed by atoms with E-state index >= 15 is 0 Å². The highest BCUT2D eigenvalue weighted by Gasteiger charge is 2.37. The highest BCUT2D eigenvalue weighted by Crippen LogP contribution is 2.40. The van der Waals surface area contributed by atoms with Gasteiger partial charge in [0.05, 0.1) is 4.90 Å². The molecule has 6 heteroatoms. The summed E-state index contributed by atoms with van der Waals surface area (Å²) >= 11 is 0. The summed E-state index contributed by atoms with van der Waals surface area (Å²) in [6.45, 7) is 4.09. The van der Waals surface area contributed by atoms with Crippen molar-refractivity contribution in [2.45, 2.75) is 38.0 Å². The molecule has 0 spiro atoms. The number of piperidine rings is 1. The summed E-state index contributed by atoms with van der Waals surface area (Å²) in [4.78, 5) is 12.4. The van der Waals surface area contributed by atoms with E-state index in [4.69, 9.17) is 0 Å². The molecule has 5 nitrogen and oxygen atoms in total. The summed E-state index contributed by atoms with van der Waals surface area (Å²) in [6.07, 6.45) is 5.17. The van der Waals surface area contributed by atoms with E-state index < -0.39 is 10.0 Å². The number of hydrogen-bond acceptors (Lipinski definition) is 3. The van der Waals surface area contributed by atoms with Crippen LogP contribution in [0.25, 0.3) is 5.70 Å². The third kappa shape index (κ3) is 4.50. The topological polar surface area (TPSA) is 66.5 Å². The second-order valence-electron chi connectivity index (χ2n) is 8.30. The molecule has 1 aliphatic carbocycles. The quantitative estimate of drug-likeness (QED) is 0.728. The first-order chi connectivity index (χ1) is 14.9. The van der Waals surface area contributed by atoms with Gasteiger partial charge in [-0.15, -0.1) is 0 Å². The first-order valence-electron chi connectivity index (χ1n) is 10.7. The number of nitrogens with zero attached hydrogens (tertiary/aromatic N) is 1. The van der Waals surface area contributed by atoms with E-state index in [0.717, 1.165) is 47.2 Å². The van der Waals surface area contributed by atoms with Gasteiger partial charge in [-0.1, -0.05) is 59.7 Å². The van der Waals surface area contributed by atoms with Crippen molar-refractivity contribution in [3.8, 4) is 0 Å². The number of nitrogens with one attached hydrogen (secondary N) is 1. The fraction of sp³-hybridized carbons (Fsp3) is 0.320. The van der Waals surface area contributed by atoms with Crippen LogP contribution in [0.3, 0.4) is 0 Å². The summed E-state index contributed by atoms with van der Waals surface area (Å²) in [5.74, 6) is -0.00789. The van der Waals surface area contributed by atoms with Crippen LogP contribution in [0.5, 0.6) is 0 Å². The second-order valence-corrected chi connectivity index (χ2v) is 10.2. The predicted molar refractivity (Wildman–Crippen MR) is 123 cm³/mol. The van der Waals surface area contributed by atoms with Crippen molar-refractivity contribution < 1.29 is 13.2 Å². The molecule has 4 rings (SSSR count). The van der Waals surface area contributed by atoms with Crippen LogP contribution >= 0.6 is 0 Å². The standard InChI is InChI=1S/C25H28N2O3S/c1-18-12-14-22(15-13-18)31(29,30)27-16-21-10-6-7-11-23(21)24(17-27)25(26-19(2)28)20-8-4-3-5-9-20/h3-5,8-10,12-15,23H,6-7,11,16-17H2,1-2H3,(H,26,28)/b25-24+/t23-/m1/s1. The Kier molecular flexibility index (Phi) is 6.12. The minimum atomic E-state index is -3.66. The maximum absolute atomic E-state index is 13.5. The second kappa shape index (κ2) is 8.81. The van der Waals surface area contributed by atoms with Crippen molar-refractivity contribution in [3.05, 3.63) is 82.9 Å². The van der Waals surface area contributed by atoms with Crippen molar-refractivity contribution in [2.24, 2.45) is 5.92 Å². The number of carbonyl (C=O) groups is 1. The monoisotopic (exact) mass is 436 g/mol. The number of benzene rings is 2. The number of hydrogen-bond donors (Lipinski definition) is 1. The summed E-state index contributed by atoms with van der Waals surface area (Å²) in [5.41, 5.74) is 4.74. The van der Waals surface area contributed by atoms with Gasteiger partial charge in [0, 0.05) is 31.6 Å². The molecule has 0 bridgehead atoms. The zero-order chi connectivity index (χ0) is 22.0. The lowest BCUT2D eigenvalue weighted by Gasteiger charge is -2.39. The minimum Gasteiger partial charge on any atom is -0.326 e. The highest BCUT2D eigenvalue weighted by molar-refractivity contribution is 7.89. The molecule has 0 unspecified atom stereocenters. The molecule has 1 amide bonds. The van der Waals surface area contributed by atoms with Gasteiger partial charge < -0.3 is 5.32 Å². The van der Waals surface area contributed by atoms with Crippen LogP contribution in [0.1, 0.15) is 37.3 Å². The highest BCUT2D eigenvalue weighted by atomic mass is 32.2. The van der Waals surface area contributed by atoms with E-state index in [-0.39, 0.29) is 18.4 Å². The van der Waals surface area contributed by atoms with Gasteiger partial charge in [0.25, 0.3) is 0 Å². The summed E-state index contributed by atoms with van der Waals surface area (Å²) in [6, 6.07) is 16.7. The van der Waals surface area contributed by atoms with E-state index in [1.807, 2.05) is 49.4 Å². The Hall–Kier alpha value is -2.70. The fourth-order valence-electron chi connectivity index (χ4n) is 4.47. The molecule has 2 aliphatic rings.